The number of hydrogen-bond acceptors (Lipinski definition) is 5. The van der Waals surface area contributed by atoms with Crippen LogP contribution in [0.5, 0.6) is 5.75 Å². The third kappa shape index (κ3) is 3.48. The first-order valence-electron chi connectivity index (χ1n) is 4.75. The van der Waals surface area contributed by atoms with Gasteiger partial charge in [-0.25, -0.2) is 0 Å². The van der Waals surface area contributed by atoms with Crippen LogP contribution in [-0.4, -0.2) is 38.9 Å². The third-order valence-electron chi connectivity index (χ3n) is 2.01. The molecule has 0 aliphatic rings. The fraction of sp³-hybridized carbons (Fsp3) is 0.400. The molecule has 6 nitrogen and oxygen atoms in total. The molecule has 6 heteroatoms. The first-order chi connectivity index (χ1) is 7.50. The lowest BCUT2D eigenvalue weighted by atomic mass is 10.1. The van der Waals surface area contributed by atoms with E-state index in [1.54, 1.807) is 0 Å². The molecule has 0 saturated heterocycles. The summed E-state index contributed by atoms with van der Waals surface area (Å²) in [6, 6.07) is 1.30. The lowest BCUT2D eigenvalue weighted by molar-refractivity contribution is -0.119. The Balaban J connectivity index is 2.62. The number of amides is 1. The lowest BCUT2D eigenvalue weighted by Gasteiger charge is -2.17. The highest BCUT2D eigenvalue weighted by atomic mass is 16.3. The second kappa shape index (κ2) is 5.43. The summed E-state index contributed by atoms with van der Waals surface area (Å²) < 4.78 is 0. The number of nitrogens with one attached hydrogen (secondary N) is 1. The average molecular weight is 226 g/mol. The molecular formula is C10H14N2O4. The molecule has 2 atom stereocenters. The highest BCUT2D eigenvalue weighted by Crippen LogP contribution is 2.19. The monoisotopic (exact) mass is 226 g/mol. The van der Waals surface area contributed by atoms with E-state index in [-0.39, 0.29) is 23.8 Å². The molecule has 1 aromatic rings. The van der Waals surface area contributed by atoms with Gasteiger partial charge in [0.05, 0.1) is 6.20 Å². The summed E-state index contributed by atoms with van der Waals surface area (Å²) in [7, 11) is 0. The third-order valence-corrected chi connectivity index (χ3v) is 2.01. The van der Waals surface area contributed by atoms with Crippen molar-refractivity contribution in [2.75, 3.05) is 6.54 Å². The molecule has 1 aromatic heterocycles. The second-order valence-corrected chi connectivity index (χ2v) is 3.43. The Morgan fingerprint density at radius 3 is 2.75 bits per heavy atom. The van der Waals surface area contributed by atoms with Gasteiger partial charge in [0.1, 0.15) is 18.0 Å². The van der Waals surface area contributed by atoms with Gasteiger partial charge in [0.25, 0.3) is 0 Å². The van der Waals surface area contributed by atoms with Crippen LogP contribution < -0.4 is 5.32 Å². The smallest absolute Gasteiger partial charge is 0.216 e. The first kappa shape index (κ1) is 12.4. The van der Waals surface area contributed by atoms with E-state index in [9.17, 15) is 15.0 Å². The van der Waals surface area contributed by atoms with Gasteiger partial charge < -0.3 is 20.6 Å². The Hall–Kier alpha value is -1.66. The van der Waals surface area contributed by atoms with E-state index >= 15 is 0 Å². The van der Waals surface area contributed by atoms with Crippen LogP contribution in [0, 0.1) is 0 Å². The molecule has 2 unspecified atom stereocenters. The van der Waals surface area contributed by atoms with Crippen LogP contribution in [0.2, 0.25) is 0 Å². The van der Waals surface area contributed by atoms with Crippen LogP contribution in [0.1, 0.15) is 18.6 Å². The van der Waals surface area contributed by atoms with Crippen molar-refractivity contribution in [1.29, 1.82) is 0 Å². The van der Waals surface area contributed by atoms with Crippen LogP contribution in [0.4, 0.5) is 0 Å². The predicted octanol–water partition coefficient (Wildman–Crippen LogP) is -0.682. The van der Waals surface area contributed by atoms with Crippen LogP contribution >= 0.6 is 0 Å². The molecule has 0 fully saturated rings. The van der Waals surface area contributed by atoms with E-state index < -0.39 is 12.2 Å². The summed E-state index contributed by atoms with van der Waals surface area (Å²) in [5.41, 5.74) is 0.290. The number of pyridine rings is 1. The number of aliphatic hydroxyl groups is 2. The zero-order valence-corrected chi connectivity index (χ0v) is 8.79. The van der Waals surface area contributed by atoms with Gasteiger partial charge in [-0.1, -0.05) is 0 Å². The SMILES string of the molecule is CC(=O)NCC(O)C(O)c1cncc(O)c1. The summed E-state index contributed by atoms with van der Waals surface area (Å²) in [5.74, 6) is -0.386. The van der Waals surface area contributed by atoms with Gasteiger partial charge in [0, 0.05) is 25.2 Å². The number of hydrogen-bond donors (Lipinski definition) is 4. The van der Waals surface area contributed by atoms with E-state index in [1.807, 2.05) is 0 Å². The van der Waals surface area contributed by atoms with Crippen LogP contribution in [0.15, 0.2) is 18.5 Å². The normalized spacial score (nSPS) is 14.2. The zero-order valence-electron chi connectivity index (χ0n) is 8.79. The molecule has 88 valence electrons. The molecule has 0 saturated carbocycles. The second-order valence-electron chi connectivity index (χ2n) is 3.43. The molecule has 1 amide bonds. The van der Waals surface area contributed by atoms with Gasteiger partial charge >= 0.3 is 0 Å². The largest absolute Gasteiger partial charge is 0.506 e. The van der Waals surface area contributed by atoms with E-state index in [0.29, 0.717) is 0 Å². The van der Waals surface area contributed by atoms with Gasteiger partial charge in [0.2, 0.25) is 5.91 Å². The Bertz CT molecular complexity index is 370. The van der Waals surface area contributed by atoms with Crippen molar-refractivity contribution in [3.63, 3.8) is 0 Å². The number of aromatic hydroxyl groups is 1. The number of aromatic nitrogens is 1. The highest BCUT2D eigenvalue weighted by Gasteiger charge is 2.19. The topological polar surface area (TPSA) is 103 Å². The van der Waals surface area contributed by atoms with Crippen molar-refractivity contribution in [2.24, 2.45) is 0 Å². The summed E-state index contributed by atoms with van der Waals surface area (Å²) >= 11 is 0. The molecular weight excluding hydrogens is 212 g/mol. The van der Waals surface area contributed by atoms with Gasteiger partial charge in [-0.05, 0) is 6.07 Å². The van der Waals surface area contributed by atoms with Crippen LogP contribution in [0.25, 0.3) is 0 Å². The predicted molar refractivity (Wildman–Crippen MR) is 55.6 cm³/mol. The molecule has 0 aromatic carbocycles. The number of nitrogens with zero attached hydrogens (tertiary/aromatic N) is 1. The van der Waals surface area contributed by atoms with Crippen molar-refractivity contribution in [3.8, 4) is 5.75 Å². The van der Waals surface area contributed by atoms with Gasteiger partial charge in [-0.3, -0.25) is 9.78 Å². The quantitative estimate of drug-likeness (QED) is 0.544. The minimum Gasteiger partial charge on any atom is -0.506 e. The fourth-order valence-corrected chi connectivity index (χ4v) is 1.19. The maximum absolute atomic E-state index is 10.6. The number of aliphatic hydroxyl groups excluding tert-OH is 2. The lowest BCUT2D eigenvalue weighted by Crippen LogP contribution is -2.34. The highest BCUT2D eigenvalue weighted by molar-refractivity contribution is 5.72. The van der Waals surface area contributed by atoms with Gasteiger partial charge in [-0.15, -0.1) is 0 Å². The Labute approximate surface area is 92.6 Å². The van der Waals surface area contributed by atoms with Crippen molar-refractivity contribution >= 4 is 5.91 Å². The minimum atomic E-state index is -1.20. The summed E-state index contributed by atoms with van der Waals surface area (Å²) in [4.78, 5) is 14.3. The first-order valence-corrected chi connectivity index (χ1v) is 4.75. The van der Waals surface area contributed by atoms with E-state index in [2.05, 4.69) is 10.3 Å². The molecule has 16 heavy (non-hydrogen) atoms. The molecule has 0 spiro atoms. The number of rotatable bonds is 4. The fourth-order valence-electron chi connectivity index (χ4n) is 1.19. The molecule has 0 aliphatic carbocycles. The Morgan fingerprint density at radius 2 is 2.19 bits per heavy atom. The molecule has 1 rings (SSSR count). The summed E-state index contributed by atoms with van der Waals surface area (Å²) in [5, 5.41) is 30.7. The zero-order chi connectivity index (χ0) is 12.1. The molecule has 0 aliphatic heterocycles. The van der Waals surface area contributed by atoms with E-state index in [0.717, 1.165) is 0 Å². The van der Waals surface area contributed by atoms with Crippen molar-refractivity contribution in [1.82, 2.24) is 10.3 Å². The maximum atomic E-state index is 10.6. The minimum absolute atomic E-state index is 0.0633. The number of carbonyl (C=O) groups excluding carboxylic acids is 1. The summed E-state index contributed by atoms with van der Waals surface area (Å²) in [6.07, 6.45) is 0.205. The summed E-state index contributed by atoms with van der Waals surface area (Å²) in [6.45, 7) is 1.25. The van der Waals surface area contributed by atoms with Crippen molar-refractivity contribution in [2.45, 2.75) is 19.1 Å². The van der Waals surface area contributed by atoms with Crippen LogP contribution in [-0.2, 0) is 4.79 Å². The van der Waals surface area contributed by atoms with Crippen molar-refractivity contribution in [3.05, 3.63) is 24.0 Å². The van der Waals surface area contributed by atoms with Gasteiger partial charge in [-0.2, -0.15) is 0 Å². The molecule has 4 N–H and O–H groups in total. The molecule has 1 heterocycles. The Kier molecular flexibility index (Phi) is 4.21. The molecule has 0 radical (unpaired) electrons. The maximum Gasteiger partial charge on any atom is 0.216 e. The number of carbonyl (C=O) groups is 1. The Morgan fingerprint density at radius 1 is 1.50 bits per heavy atom. The van der Waals surface area contributed by atoms with Gasteiger partial charge in [0.15, 0.2) is 0 Å². The van der Waals surface area contributed by atoms with Crippen molar-refractivity contribution < 1.29 is 20.1 Å². The van der Waals surface area contributed by atoms with E-state index in [1.165, 1.54) is 25.4 Å². The van der Waals surface area contributed by atoms with Crippen LogP contribution in [0.3, 0.4) is 0 Å². The average Bonchev–Trinajstić information content (AvgIpc) is 2.24. The van der Waals surface area contributed by atoms with E-state index in [4.69, 9.17) is 5.11 Å². The standard InChI is InChI=1S/C10H14N2O4/c1-6(13)12-5-9(15)10(16)7-2-8(14)4-11-3-7/h2-4,9-10,14-16H,5H2,1H3,(H,12,13). The molecule has 0 bridgehead atoms.